The molecule has 126 valence electrons. The van der Waals surface area contributed by atoms with Gasteiger partial charge >= 0.3 is 0 Å². The van der Waals surface area contributed by atoms with Gasteiger partial charge in [0.2, 0.25) is 0 Å². The number of fused-ring (bicyclic) bond motifs is 1. The maximum absolute atomic E-state index is 13.3. The molecule has 1 aromatic heterocycles. The summed E-state index contributed by atoms with van der Waals surface area (Å²) in [6.07, 6.45) is 1.26. The Morgan fingerprint density at radius 2 is 1.76 bits per heavy atom. The van der Waals surface area contributed by atoms with Gasteiger partial charge in [0.15, 0.2) is 5.78 Å². The molecule has 0 spiro atoms. The lowest BCUT2D eigenvalue weighted by Gasteiger charge is -2.24. The number of hydrogen-bond acceptors (Lipinski definition) is 2. The van der Waals surface area contributed by atoms with E-state index in [1.165, 1.54) is 23.3 Å². The second kappa shape index (κ2) is 5.96. The van der Waals surface area contributed by atoms with Crippen LogP contribution >= 0.6 is 0 Å². The third-order valence-electron chi connectivity index (χ3n) is 5.01. The molecule has 1 heterocycles. The Hall–Kier alpha value is -2.75. The standard InChI is InChI=1S/C21H19FN2O/c1-13-5-3-4-6-18(13)15-11-19-21(20(25)12-15)14(2)23-24(19)17-9-7-16(22)8-10-17/h3-10,15H,11-12H2,1-2H3. The van der Waals surface area contributed by atoms with Crippen LogP contribution in [-0.4, -0.2) is 15.6 Å². The van der Waals surface area contributed by atoms with Crippen molar-refractivity contribution >= 4 is 5.78 Å². The maximum atomic E-state index is 13.3. The third-order valence-corrected chi connectivity index (χ3v) is 5.01. The van der Waals surface area contributed by atoms with Gasteiger partial charge in [-0.3, -0.25) is 4.79 Å². The van der Waals surface area contributed by atoms with Crippen molar-refractivity contribution in [2.75, 3.05) is 0 Å². The number of rotatable bonds is 2. The molecule has 1 aliphatic carbocycles. The van der Waals surface area contributed by atoms with Gasteiger partial charge in [-0.15, -0.1) is 0 Å². The molecule has 0 saturated carbocycles. The first kappa shape index (κ1) is 15.8. The average molecular weight is 334 g/mol. The second-order valence-corrected chi connectivity index (χ2v) is 6.68. The first-order valence-electron chi connectivity index (χ1n) is 8.47. The number of aromatic nitrogens is 2. The first-order valence-corrected chi connectivity index (χ1v) is 8.47. The molecule has 3 aromatic rings. The summed E-state index contributed by atoms with van der Waals surface area (Å²) < 4.78 is 15.1. The number of halogens is 1. The van der Waals surface area contributed by atoms with Crippen LogP contribution in [0.3, 0.4) is 0 Å². The molecule has 1 aliphatic rings. The van der Waals surface area contributed by atoms with Crippen LogP contribution in [0.25, 0.3) is 5.69 Å². The largest absolute Gasteiger partial charge is 0.294 e. The second-order valence-electron chi connectivity index (χ2n) is 6.68. The Balaban J connectivity index is 1.81. The number of benzene rings is 2. The van der Waals surface area contributed by atoms with Crippen molar-refractivity contribution in [1.29, 1.82) is 0 Å². The smallest absolute Gasteiger partial charge is 0.167 e. The van der Waals surface area contributed by atoms with E-state index in [0.717, 1.165) is 29.1 Å². The quantitative estimate of drug-likeness (QED) is 0.689. The molecule has 0 aliphatic heterocycles. The van der Waals surface area contributed by atoms with Gasteiger partial charge in [-0.25, -0.2) is 9.07 Å². The van der Waals surface area contributed by atoms with E-state index in [0.29, 0.717) is 6.42 Å². The van der Waals surface area contributed by atoms with E-state index >= 15 is 0 Å². The van der Waals surface area contributed by atoms with Crippen molar-refractivity contribution in [2.45, 2.75) is 32.6 Å². The summed E-state index contributed by atoms with van der Waals surface area (Å²) in [5, 5.41) is 4.57. The fourth-order valence-electron chi connectivity index (χ4n) is 3.82. The summed E-state index contributed by atoms with van der Waals surface area (Å²) in [4.78, 5) is 12.8. The first-order chi connectivity index (χ1) is 12.0. The molecule has 4 rings (SSSR count). The number of carbonyl (C=O) groups excluding carboxylic acids is 1. The fourth-order valence-corrected chi connectivity index (χ4v) is 3.82. The van der Waals surface area contributed by atoms with Gasteiger partial charge in [-0.2, -0.15) is 5.10 Å². The molecule has 0 fully saturated rings. The average Bonchev–Trinajstić information content (AvgIpc) is 2.93. The van der Waals surface area contributed by atoms with Crippen LogP contribution in [0.5, 0.6) is 0 Å². The molecule has 2 aromatic carbocycles. The van der Waals surface area contributed by atoms with Crippen molar-refractivity contribution in [2.24, 2.45) is 0 Å². The molecule has 4 heteroatoms. The van der Waals surface area contributed by atoms with E-state index in [-0.39, 0.29) is 17.5 Å². The van der Waals surface area contributed by atoms with Crippen molar-refractivity contribution in [3.05, 3.63) is 82.4 Å². The zero-order valence-electron chi connectivity index (χ0n) is 14.3. The van der Waals surface area contributed by atoms with Gasteiger partial charge in [0.05, 0.1) is 22.6 Å². The Morgan fingerprint density at radius 1 is 1.04 bits per heavy atom. The topological polar surface area (TPSA) is 34.9 Å². The Morgan fingerprint density at radius 3 is 2.48 bits per heavy atom. The minimum atomic E-state index is -0.282. The summed E-state index contributed by atoms with van der Waals surface area (Å²) in [5.74, 6) is 0.00669. The maximum Gasteiger partial charge on any atom is 0.167 e. The number of ketones is 1. The SMILES string of the molecule is Cc1ccccc1C1CC(=O)c2c(C)nn(-c3ccc(F)cc3)c2C1. The van der Waals surface area contributed by atoms with Crippen LogP contribution in [0.2, 0.25) is 0 Å². The monoisotopic (exact) mass is 334 g/mol. The van der Waals surface area contributed by atoms with Gasteiger partial charge in [0, 0.05) is 6.42 Å². The minimum Gasteiger partial charge on any atom is -0.294 e. The summed E-state index contributed by atoms with van der Waals surface area (Å²) in [6, 6.07) is 14.5. The van der Waals surface area contributed by atoms with Gasteiger partial charge in [0.1, 0.15) is 5.82 Å². The Bertz CT molecular complexity index is 957. The minimum absolute atomic E-state index is 0.139. The van der Waals surface area contributed by atoms with Crippen molar-refractivity contribution in [3.8, 4) is 5.69 Å². The number of aryl methyl sites for hydroxylation is 2. The molecule has 0 radical (unpaired) electrons. The predicted molar refractivity (Wildman–Crippen MR) is 94.8 cm³/mol. The summed E-state index contributed by atoms with van der Waals surface area (Å²) in [5.41, 5.74) is 5.60. The van der Waals surface area contributed by atoms with Gasteiger partial charge in [-0.1, -0.05) is 24.3 Å². The predicted octanol–water partition coefficient (Wildman–Crippen LogP) is 4.54. The van der Waals surface area contributed by atoms with E-state index in [2.05, 4.69) is 24.2 Å². The van der Waals surface area contributed by atoms with Gasteiger partial charge < -0.3 is 0 Å². The van der Waals surface area contributed by atoms with E-state index in [1.54, 1.807) is 16.8 Å². The van der Waals surface area contributed by atoms with Crippen LogP contribution in [0.1, 0.15) is 45.2 Å². The van der Waals surface area contributed by atoms with Crippen molar-refractivity contribution < 1.29 is 9.18 Å². The fraction of sp³-hybridized carbons (Fsp3) is 0.238. The zero-order chi connectivity index (χ0) is 17.6. The highest BCUT2D eigenvalue weighted by Gasteiger charge is 2.32. The van der Waals surface area contributed by atoms with E-state index in [4.69, 9.17) is 0 Å². The normalized spacial score (nSPS) is 16.8. The number of hydrogen-bond donors (Lipinski definition) is 0. The third kappa shape index (κ3) is 2.68. The van der Waals surface area contributed by atoms with Crippen LogP contribution in [0.4, 0.5) is 4.39 Å². The molecule has 25 heavy (non-hydrogen) atoms. The highest BCUT2D eigenvalue weighted by molar-refractivity contribution is 6.00. The van der Waals surface area contributed by atoms with Crippen LogP contribution in [0.15, 0.2) is 48.5 Å². The van der Waals surface area contributed by atoms with Crippen molar-refractivity contribution in [3.63, 3.8) is 0 Å². The van der Waals surface area contributed by atoms with E-state index < -0.39 is 0 Å². The van der Waals surface area contributed by atoms with Crippen LogP contribution < -0.4 is 0 Å². The molecule has 1 unspecified atom stereocenters. The highest BCUT2D eigenvalue weighted by Crippen LogP contribution is 2.36. The summed E-state index contributed by atoms with van der Waals surface area (Å²) >= 11 is 0. The molecule has 0 amide bonds. The molecule has 3 nitrogen and oxygen atoms in total. The lowest BCUT2D eigenvalue weighted by Crippen LogP contribution is -2.21. The number of nitrogens with zero attached hydrogens (tertiary/aromatic N) is 2. The Kier molecular flexibility index (Phi) is 3.75. The number of carbonyl (C=O) groups is 1. The highest BCUT2D eigenvalue weighted by atomic mass is 19.1. The van der Waals surface area contributed by atoms with Gasteiger partial charge in [-0.05, 0) is 61.6 Å². The van der Waals surface area contributed by atoms with Crippen molar-refractivity contribution in [1.82, 2.24) is 9.78 Å². The van der Waals surface area contributed by atoms with Gasteiger partial charge in [0.25, 0.3) is 0 Å². The molecule has 0 bridgehead atoms. The van der Waals surface area contributed by atoms with E-state index in [9.17, 15) is 9.18 Å². The molecular formula is C21H19FN2O. The van der Waals surface area contributed by atoms with E-state index in [1.807, 2.05) is 19.1 Å². The summed E-state index contributed by atoms with van der Waals surface area (Å²) in [7, 11) is 0. The number of Topliss-reactive ketones (excluding diaryl/α,β-unsaturated/α-hetero) is 1. The zero-order valence-corrected chi connectivity index (χ0v) is 14.3. The molecule has 0 saturated heterocycles. The Labute approximate surface area is 146 Å². The molecule has 0 N–H and O–H groups in total. The van der Waals surface area contributed by atoms with Crippen LogP contribution in [-0.2, 0) is 6.42 Å². The summed E-state index contributed by atoms with van der Waals surface area (Å²) in [6.45, 7) is 3.95. The van der Waals surface area contributed by atoms with Crippen LogP contribution in [0, 0.1) is 19.7 Å². The molecular weight excluding hydrogens is 315 g/mol. The lowest BCUT2D eigenvalue weighted by molar-refractivity contribution is 0.0963. The molecule has 1 atom stereocenters. The lowest BCUT2D eigenvalue weighted by atomic mass is 9.80.